The zero-order valence-electron chi connectivity index (χ0n) is 30.2. The van der Waals surface area contributed by atoms with Crippen LogP contribution in [0.2, 0.25) is 0 Å². The number of ether oxygens (including phenoxy) is 2. The van der Waals surface area contributed by atoms with E-state index in [0.717, 1.165) is 32.7 Å². The van der Waals surface area contributed by atoms with Crippen molar-refractivity contribution in [1.82, 2.24) is 21.3 Å². The molecule has 0 heterocycles. The van der Waals surface area contributed by atoms with Crippen LogP contribution in [0.25, 0.3) is 21.5 Å². The van der Waals surface area contributed by atoms with Gasteiger partial charge in [0.1, 0.15) is 23.3 Å². The molecule has 51 heavy (non-hydrogen) atoms. The minimum Gasteiger partial charge on any atom is -0.444 e. The quantitative estimate of drug-likeness (QED) is 0.123. The number of alkyl carbamates (subject to hydrolysis) is 2. The van der Waals surface area contributed by atoms with Crippen molar-refractivity contribution in [3.8, 4) is 0 Å². The first-order valence-corrected chi connectivity index (χ1v) is 17.2. The van der Waals surface area contributed by atoms with Crippen LogP contribution in [0, 0.1) is 0 Å². The van der Waals surface area contributed by atoms with E-state index in [9.17, 15) is 24.3 Å². The van der Waals surface area contributed by atoms with Gasteiger partial charge in [-0.2, -0.15) is 0 Å². The van der Waals surface area contributed by atoms with Gasteiger partial charge in [-0.25, -0.2) is 9.59 Å². The van der Waals surface area contributed by atoms with Crippen LogP contribution in [-0.2, 0) is 31.9 Å². The summed E-state index contributed by atoms with van der Waals surface area (Å²) < 4.78 is 10.8. The summed E-state index contributed by atoms with van der Waals surface area (Å²) in [5.41, 5.74) is 0.142. The number of benzene rings is 4. The summed E-state index contributed by atoms with van der Waals surface area (Å²) in [5.74, 6) is -0.960. The molecule has 0 unspecified atom stereocenters. The SMILES string of the molecule is CC(C)(C)OC(=O)N[C@@H](Cc1ccc2ccccc2c1)C(=O)NCC[C@@H](CO)NC(=O)[C@H](Cc1ccc2ccccc2c1)NC(=O)OC(C)(C)C. The van der Waals surface area contributed by atoms with E-state index in [1.54, 1.807) is 41.5 Å². The molecule has 0 aromatic heterocycles. The lowest BCUT2D eigenvalue weighted by atomic mass is 10.0. The molecule has 11 heteroatoms. The van der Waals surface area contributed by atoms with Crippen LogP contribution in [0.3, 0.4) is 0 Å². The Bertz CT molecular complexity index is 1830. The van der Waals surface area contributed by atoms with Gasteiger partial charge in [0.15, 0.2) is 0 Å². The lowest BCUT2D eigenvalue weighted by Gasteiger charge is -2.25. The smallest absolute Gasteiger partial charge is 0.408 e. The molecule has 0 bridgehead atoms. The van der Waals surface area contributed by atoms with Crippen molar-refractivity contribution in [3.63, 3.8) is 0 Å². The molecule has 11 nitrogen and oxygen atoms in total. The van der Waals surface area contributed by atoms with Gasteiger partial charge in [-0.3, -0.25) is 9.59 Å². The second-order valence-corrected chi connectivity index (χ2v) is 14.6. The maximum Gasteiger partial charge on any atom is 0.408 e. The molecule has 5 N–H and O–H groups in total. The first-order valence-electron chi connectivity index (χ1n) is 17.2. The minimum absolute atomic E-state index is 0.0867. The molecule has 4 aromatic carbocycles. The molecule has 0 aliphatic carbocycles. The third kappa shape index (κ3) is 12.6. The number of aliphatic hydroxyl groups is 1. The highest BCUT2D eigenvalue weighted by molar-refractivity contribution is 5.88. The predicted molar refractivity (Wildman–Crippen MR) is 198 cm³/mol. The Morgan fingerprint density at radius 2 is 1.04 bits per heavy atom. The Balaban J connectivity index is 1.41. The van der Waals surface area contributed by atoms with Crippen LogP contribution in [-0.4, -0.2) is 71.6 Å². The molecule has 0 aliphatic rings. The Hall–Kier alpha value is -5.16. The molecule has 0 aliphatic heterocycles. The summed E-state index contributed by atoms with van der Waals surface area (Å²) in [5, 5.41) is 25.3. The van der Waals surface area contributed by atoms with E-state index in [4.69, 9.17) is 9.47 Å². The van der Waals surface area contributed by atoms with Crippen LogP contribution in [0.15, 0.2) is 84.9 Å². The van der Waals surface area contributed by atoms with Crippen molar-refractivity contribution in [2.75, 3.05) is 13.2 Å². The molecule has 0 fully saturated rings. The normalized spacial score (nSPS) is 13.5. The summed E-state index contributed by atoms with van der Waals surface area (Å²) in [7, 11) is 0. The maximum absolute atomic E-state index is 13.6. The van der Waals surface area contributed by atoms with Gasteiger partial charge < -0.3 is 35.8 Å². The molecule has 3 atom stereocenters. The summed E-state index contributed by atoms with van der Waals surface area (Å²) in [6, 6.07) is 24.7. The number of carbonyl (C=O) groups excluding carboxylic acids is 4. The van der Waals surface area contributed by atoms with Gasteiger partial charge in [-0.15, -0.1) is 0 Å². The largest absolute Gasteiger partial charge is 0.444 e. The van der Waals surface area contributed by atoms with Crippen LogP contribution in [0.1, 0.15) is 59.1 Å². The maximum atomic E-state index is 13.6. The van der Waals surface area contributed by atoms with E-state index >= 15 is 0 Å². The fourth-order valence-electron chi connectivity index (χ4n) is 5.52. The summed E-state index contributed by atoms with van der Waals surface area (Å²) >= 11 is 0. The van der Waals surface area contributed by atoms with Gasteiger partial charge in [0.2, 0.25) is 11.8 Å². The molecule has 0 spiro atoms. The number of rotatable bonds is 13. The van der Waals surface area contributed by atoms with E-state index in [1.165, 1.54) is 0 Å². The Morgan fingerprint density at radius 1 is 0.608 bits per heavy atom. The monoisotopic (exact) mass is 698 g/mol. The fraction of sp³-hybridized carbons (Fsp3) is 0.400. The molecular formula is C40H50N4O7. The Labute approximate surface area is 299 Å². The molecule has 0 saturated carbocycles. The van der Waals surface area contributed by atoms with Gasteiger partial charge >= 0.3 is 12.2 Å². The van der Waals surface area contributed by atoms with Crippen molar-refractivity contribution in [2.24, 2.45) is 0 Å². The molecular weight excluding hydrogens is 648 g/mol. The van der Waals surface area contributed by atoms with Crippen LogP contribution < -0.4 is 21.3 Å². The molecule has 4 amide bonds. The minimum atomic E-state index is -1.01. The van der Waals surface area contributed by atoms with Crippen molar-refractivity contribution < 1.29 is 33.8 Å². The van der Waals surface area contributed by atoms with Gasteiger partial charge in [-0.05, 0) is 80.6 Å². The number of nitrogens with one attached hydrogen (secondary N) is 4. The number of hydrogen-bond donors (Lipinski definition) is 5. The topological polar surface area (TPSA) is 155 Å². The first kappa shape index (κ1) is 38.6. The number of amides is 4. The number of carbonyl (C=O) groups is 4. The lowest BCUT2D eigenvalue weighted by molar-refractivity contribution is -0.124. The standard InChI is InChI=1S/C40H50N4O7/c1-39(2,3)50-37(48)43-33(23-26-15-17-28-11-7-9-13-30(28)21-26)35(46)41-20-19-32(25-45)42-36(47)34(44-38(49)51-40(4,5)6)24-27-16-18-29-12-8-10-14-31(29)22-27/h7-18,21-22,32-34,45H,19-20,23-25H2,1-6H3,(H,41,46)(H,42,47)(H,43,48)(H,44,49)/t32-,33-,34-/m0/s1. The molecule has 4 aromatic rings. The Morgan fingerprint density at radius 3 is 1.47 bits per heavy atom. The average Bonchev–Trinajstić information content (AvgIpc) is 3.05. The highest BCUT2D eigenvalue weighted by atomic mass is 16.6. The van der Waals surface area contributed by atoms with Crippen LogP contribution >= 0.6 is 0 Å². The fourth-order valence-corrected chi connectivity index (χ4v) is 5.52. The van der Waals surface area contributed by atoms with E-state index in [2.05, 4.69) is 21.3 Å². The zero-order valence-corrected chi connectivity index (χ0v) is 30.2. The van der Waals surface area contributed by atoms with Crippen molar-refractivity contribution >= 4 is 45.5 Å². The van der Waals surface area contributed by atoms with Gasteiger partial charge in [0.05, 0.1) is 12.6 Å². The number of fused-ring (bicyclic) bond motifs is 2. The molecule has 0 saturated heterocycles. The summed E-state index contributed by atoms with van der Waals surface area (Å²) in [6.45, 7) is 10.1. The van der Waals surface area contributed by atoms with Gasteiger partial charge in [0, 0.05) is 19.4 Å². The first-order chi connectivity index (χ1) is 24.1. The highest BCUT2D eigenvalue weighted by Crippen LogP contribution is 2.19. The summed E-state index contributed by atoms with van der Waals surface area (Å²) in [6.07, 6.45) is -0.899. The second-order valence-electron chi connectivity index (χ2n) is 14.6. The van der Waals surface area contributed by atoms with Crippen LogP contribution in [0.4, 0.5) is 9.59 Å². The third-order valence-electron chi connectivity index (χ3n) is 7.88. The van der Waals surface area contributed by atoms with E-state index in [1.807, 2.05) is 84.9 Å². The zero-order chi connectivity index (χ0) is 37.2. The van der Waals surface area contributed by atoms with Crippen molar-refractivity contribution in [2.45, 2.75) is 90.1 Å². The lowest BCUT2D eigenvalue weighted by Crippen LogP contribution is -2.53. The van der Waals surface area contributed by atoms with Crippen molar-refractivity contribution in [1.29, 1.82) is 0 Å². The third-order valence-corrected chi connectivity index (χ3v) is 7.88. The van der Waals surface area contributed by atoms with E-state index in [0.29, 0.717) is 0 Å². The summed E-state index contributed by atoms with van der Waals surface area (Å²) in [4.78, 5) is 52.5. The average molecular weight is 699 g/mol. The number of aliphatic hydroxyl groups excluding tert-OH is 1. The van der Waals surface area contributed by atoms with Crippen molar-refractivity contribution in [3.05, 3.63) is 96.1 Å². The van der Waals surface area contributed by atoms with E-state index < -0.39 is 59.9 Å². The van der Waals surface area contributed by atoms with Gasteiger partial charge in [0.25, 0.3) is 0 Å². The molecule has 0 radical (unpaired) electrons. The predicted octanol–water partition coefficient (Wildman–Crippen LogP) is 5.55. The molecule has 4 rings (SSSR count). The highest BCUT2D eigenvalue weighted by Gasteiger charge is 2.28. The van der Waals surface area contributed by atoms with Crippen LogP contribution in [0.5, 0.6) is 0 Å². The van der Waals surface area contributed by atoms with Gasteiger partial charge in [-0.1, -0.05) is 84.9 Å². The Kier molecular flexibility index (Phi) is 13.0. The van der Waals surface area contributed by atoms with E-state index in [-0.39, 0.29) is 25.8 Å². The molecule has 272 valence electrons. The second kappa shape index (κ2) is 17.2. The number of hydrogen-bond acceptors (Lipinski definition) is 7.